The van der Waals surface area contributed by atoms with E-state index in [1.165, 1.54) is 0 Å². The van der Waals surface area contributed by atoms with Crippen molar-refractivity contribution >= 4 is 6.03 Å². The zero-order valence-electron chi connectivity index (χ0n) is 8.58. The van der Waals surface area contributed by atoms with Gasteiger partial charge in [-0.15, -0.1) is 0 Å². The van der Waals surface area contributed by atoms with E-state index < -0.39 is 0 Å². The van der Waals surface area contributed by atoms with Crippen molar-refractivity contribution in [3.8, 4) is 0 Å². The van der Waals surface area contributed by atoms with E-state index in [-0.39, 0.29) is 6.03 Å². The van der Waals surface area contributed by atoms with Crippen LogP contribution in [0.25, 0.3) is 0 Å². The van der Waals surface area contributed by atoms with E-state index in [0.29, 0.717) is 25.1 Å². The Labute approximate surface area is 84.4 Å². The molecule has 0 radical (unpaired) electrons. The van der Waals surface area contributed by atoms with Gasteiger partial charge >= 0.3 is 6.03 Å². The molecule has 2 amide bonds. The van der Waals surface area contributed by atoms with Gasteiger partial charge in [0.2, 0.25) is 0 Å². The van der Waals surface area contributed by atoms with E-state index in [1.807, 2.05) is 0 Å². The summed E-state index contributed by atoms with van der Waals surface area (Å²) in [5, 5.41) is 5.49. The Hall–Kier alpha value is -0.810. The van der Waals surface area contributed by atoms with Crippen molar-refractivity contribution < 1.29 is 9.53 Å². The van der Waals surface area contributed by atoms with Crippen molar-refractivity contribution in [1.82, 2.24) is 10.6 Å². The lowest BCUT2D eigenvalue weighted by molar-refractivity contribution is 0.193. The molecule has 1 aliphatic rings. The van der Waals surface area contributed by atoms with Crippen LogP contribution in [0.2, 0.25) is 0 Å². The summed E-state index contributed by atoms with van der Waals surface area (Å²) in [5.41, 5.74) is 5.63. The van der Waals surface area contributed by atoms with E-state index in [1.54, 1.807) is 7.11 Å². The molecular formula is C9H19N3O2. The van der Waals surface area contributed by atoms with Crippen LogP contribution in [0.1, 0.15) is 12.8 Å². The average Bonchev–Trinajstić information content (AvgIpc) is 2.11. The van der Waals surface area contributed by atoms with E-state index >= 15 is 0 Å². The van der Waals surface area contributed by atoms with Crippen molar-refractivity contribution in [3.05, 3.63) is 0 Å². The van der Waals surface area contributed by atoms with Gasteiger partial charge in [0.25, 0.3) is 0 Å². The Kier molecular flexibility index (Phi) is 4.69. The van der Waals surface area contributed by atoms with Gasteiger partial charge in [-0.2, -0.15) is 0 Å². The van der Waals surface area contributed by atoms with Crippen LogP contribution < -0.4 is 16.4 Å². The van der Waals surface area contributed by atoms with E-state index in [0.717, 1.165) is 19.4 Å². The van der Waals surface area contributed by atoms with Crippen molar-refractivity contribution in [1.29, 1.82) is 0 Å². The Morgan fingerprint density at radius 1 is 1.50 bits per heavy atom. The van der Waals surface area contributed by atoms with Crippen LogP contribution in [0.15, 0.2) is 0 Å². The lowest BCUT2D eigenvalue weighted by atomic mass is 9.81. The van der Waals surface area contributed by atoms with Crippen LogP contribution in [-0.2, 0) is 4.74 Å². The standard InChI is InChI=1S/C9H19N3O2/c1-14-3-2-11-9(13)12-6-7-4-8(10)5-7/h7-8H,2-6,10H2,1H3,(H2,11,12,13). The molecule has 82 valence electrons. The Bertz CT molecular complexity index is 181. The highest BCUT2D eigenvalue weighted by Gasteiger charge is 2.25. The number of carbonyl (C=O) groups excluding carboxylic acids is 1. The molecule has 4 N–H and O–H groups in total. The summed E-state index contributed by atoms with van der Waals surface area (Å²) in [6.07, 6.45) is 2.05. The van der Waals surface area contributed by atoms with Gasteiger partial charge in [-0.1, -0.05) is 0 Å². The van der Waals surface area contributed by atoms with Crippen LogP contribution in [0, 0.1) is 5.92 Å². The van der Waals surface area contributed by atoms with Crippen LogP contribution in [0.5, 0.6) is 0 Å². The number of nitrogens with two attached hydrogens (primary N) is 1. The molecule has 5 heteroatoms. The average molecular weight is 201 g/mol. The molecule has 0 spiro atoms. The number of rotatable bonds is 5. The number of methoxy groups -OCH3 is 1. The Balaban J connectivity index is 1.93. The Morgan fingerprint density at radius 2 is 2.21 bits per heavy atom. The molecule has 0 aliphatic heterocycles. The maximum absolute atomic E-state index is 11.1. The summed E-state index contributed by atoms with van der Waals surface area (Å²) < 4.78 is 4.81. The largest absolute Gasteiger partial charge is 0.383 e. The SMILES string of the molecule is COCCNC(=O)NCC1CC(N)C1. The smallest absolute Gasteiger partial charge is 0.314 e. The van der Waals surface area contributed by atoms with Crippen LogP contribution in [-0.4, -0.2) is 38.9 Å². The van der Waals surface area contributed by atoms with Crippen LogP contribution in [0.3, 0.4) is 0 Å². The molecule has 0 aromatic heterocycles. The summed E-state index contributed by atoms with van der Waals surface area (Å²) in [6.45, 7) is 1.82. The number of hydrogen-bond donors (Lipinski definition) is 3. The highest BCUT2D eigenvalue weighted by atomic mass is 16.5. The predicted octanol–water partition coefficient (Wildman–Crippen LogP) is -0.331. The van der Waals surface area contributed by atoms with Crippen molar-refractivity contribution in [2.75, 3.05) is 26.8 Å². The molecule has 14 heavy (non-hydrogen) atoms. The number of ether oxygens (including phenoxy) is 1. The fourth-order valence-corrected chi connectivity index (χ4v) is 1.52. The Morgan fingerprint density at radius 3 is 2.79 bits per heavy atom. The van der Waals surface area contributed by atoms with Gasteiger partial charge in [0.15, 0.2) is 0 Å². The second-order valence-corrected chi connectivity index (χ2v) is 3.73. The third-order valence-corrected chi connectivity index (χ3v) is 2.42. The van der Waals surface area contributed by atoms with Crippen molar-refractivity contribution in [3.63, 3.8) is 0 Å². The summed E-state index contributed by atoms with van der Waals surface area (Å²) in [7, 11) is 1.61. The maximum Gasteiger partial charge on any atom is 0.314 e. The monoisotopic (exact) mass is 201 g/mol. The topological polar surface area (TPSA) is 76.4 Å². The van der Waals surface area contributed by atoms with E-state index in [2.05, 4.69) is 10.6 Å². The zero-order valence-corrected chi connectivity index (χ0v) is 8.58. The fraction of sp³-hybridized carbons (Fsp3) is 0.889. The zero-order chi connectivity index (χ0) is 10.4. The first-order chi connectivity index (χ1) is 6.72. The molecule has 1 saturated carbocycles. The molecule has 1 aliphatic carbocycles. The lowest BCUT2D eigenvalue weighted by Crippen LogP contribution is -2.45. The van der Waals surface area contributed by atoms with Crippen molar-refractivity contribution in [2.24, 2.45) is 11.7 Å². The number of urea groups is 1. The highest BCUT2D eigenvalue weighted by Crippen LogP contribution is 2.24. The first kappa shape index (κ1) is 11.3. The molecule has 5 nitrogen and oxygen atoms in total. The second-order valence-electron chi connectivity index (χ2n) is 3.73. The molecular weight excluding hydrogens is 182 g/mol. The van der Waals surface area contributed by atoms with Crippen LogP contribution >= 0.6 is 0 Å². The molecule has 0 heterocycles. The van der Waals surface area contributed by atoms with Gasteiger partial charge in [-0.25, -0.2) is 4.79 Å². The minimum absolute atomic E-state index is 0.123. The minimum atomic E-state index is -0.123. The number of carbonyl (C=O) groups is 1. The van der Waals surface area contributed by atoms with Gasteiger partial charge in [0.05, 0.1) is 6.61 Å². The first-order valence-corrected chi connectivity index (χ1v) is 4.98. The summed E-state index contributed by atoms with van der Waals surface area (Å²) in [5.74, 6) is 0.568. The third kappa shape index (κ3) is 3.93. The molecule has 0 aromatic rings. The molecule has 0 bridgehead atoms. The lowest BCUT2D eigenvalue weighted by Gasteiger charge is -2.32. The van der Waals surface area contributed by atoms with Crippen LogP contribution in [0.4, 0.5) is 4.79 Å². The summed E-state index contributed by atoms with van der Waals surface area (Å²) >= 11 is 0. The van der Waals surface area contributed by atoms with Crippen molar-refractivity contribution in [2.45, 2.75) is 18.9 Å². The number of nitrogens with one attached hydrogen (secondary N) is 2. The van der Waals surface area contributed by atoms with Gasteiger partial charge in [-0.05, 0) is 18.8 Å². The second kappa shape index (κ2) is 5.82. The first-order valence-electron chi connectivity index (χ1n) is 4.98. The molecule has 0 saturated heterocycles. The van der Waals surface area contributed by atoms with Gasteiger partial charge in [0.1, 0.15) is 0 Å². The molecule has 0 aromatic carbocycles. The summed E-state index contributed by atoms with van der Waals surface area (Å²) in [4.78, 5) is 11.1. The molecule has 1 fully saturated rings. The molecule has 1 rings (SSSR count). The van der Waals surface area contributed by atoms with Gasteiger partial charge in [0, 0.05) is 26.2 Å². The predicted molar refractivity (Wildman–Crippen MR) is 54.0 cm³/mol. The number of hydrogen-bond acceptors (Lipinski definition) is 3. The maximum atomic E-state index is 11.1. The fourth-order valence-electron chi connectivity index (χ4n) is 1.52. The minimum Gasteiger partial charge on any atom is -0.383 e. The highest BCUT2D eigenvalue weighted by molar-refractivity contribution is 5.73. The third-order valence-electron chi connectivity index (χ3n) is 2.42. The van der Waals surface area contributed by atoms with Gasteiger partial charge < -0.3 is 21.1 Å². The molecule has 0 unspecified atom stereocenters. The quantitative estimate of drug-likeness (QED) is 0.533. The van der Waals surface area contributed by atoms with E-state index in [4.69, 9.17) is 10.5 Å². The van der Waals surface area contributed by atoms with E-state index in [9.17, 15) is 4.79 Å². The summed E-state index contributed by atoms with van der Waals surface area (Å²) in [6, 6.07) is 0.223. The molecule has 0 atom stereocenters. The van der Waals surface area contributed by atoms with Gasteiger partial charge in [-0.3, -0.25) is 0 Å². The number of amides is 2. The normalized spacial score (nSPS) is 25.3.